The summed E-state index contributed by atoms with van der Waals surface area (Å²) in [5.74, 6) is 3.14. The molecule has 0 bridgehead atoms. The van der Waals surface area contributed by atoms with Crippen LogP contribution in [-0.2, 0) is 13.1 Å². The highest BCUT2D eigenvalue weighted by atomic mass is 16.5. The van der Waals surface area contributed by atoms with E-state index in [1.165, 1.54) is 5.56 Å². The first-order chi connectivity index (χ1) is 15.4. The Kier molecular flexibility index (Phi) is 6.15. The Hall–Kier alpha value is -3.38. The number of pyridine rings is 1. The molecule has 0 aliphatic heterocycles. The van der Waals surface area contributed by atoms with Gasteiger partial charge in [-0.15, -0.1) is 0 Å². The Labute approximate surface area is 188 Å². The number of rotatable bonds is 7. The van der Waals surface area contributed by atoms with E-state index in [1.807, 2.05) is 31.2 Å². The van der Waals surface area contributed by atoms with Gasteiger partial charge in [-0.2, -0.15) is 0 Å². The number of oxazole rings is 1. The van der Waals surface area contributed by atoms with Gasteiger partial charge in [-0.3, -0.25) is 9.88 Å². The van der Waals surface area contributed by atoms with E-state index in [9.17, 15) is 0 Å². The van der Waals surface area contributed by atoms with Crippen LogP contribution >= 0.6 is 0 Å². The minimum Gasteiger partial charge on any atom is -0.496 e. The highest BCUT2D eigenvalue weighted by molar-refractivity contribution is 5.87. The summed E-state index contributed by atoms with van der Waals surface area (Å²) in [7, 11) is 5.45. The quantitative estimate of drug-likeness (QED) is 0.387. The molecule has 6 nitrogen and oxygen atoms in total. The molecule has 0 saturated carbocycles. The third-order valence-electron chi connectivity index (χ3n) is 5.98. The van der Waals surface area contributed by atoms with Crippen molar-refractivity contribution in [2.45, 2.75) is 33.9 Å². The van der Waals surface area contributed by atoms with E-state index < -0.39 is 0 Å². The van der Waals surface area contributed by atoms with E-state index in [2.05, 4.69) is 42.9 Å². The van der Waals surface area contributed by atoms with Gasteiger partial charge in [0.25, 0.3) is 0 Å². The van der Waals surface area contributed by atoms with Crippen molar-refractivity contribution in [2.75, 3.05) is 21.3 Å². The Morgan fingerprint density at radius 1 is 0.906 bits per heavy atom. The predicted molar refractivity (Wildman–Crippen MR) is 126 cm³/mol. The lowest BCUT2D eigenvalue weighted by molar-refractivity contribution is 0.314. The summed E-state index contributed by atoms with van der Waals surface area (Å²) in [6.07, 6.45) is 1.79. The van der Waals surface area contributed by atoms with E-state index in [0.29, 0.717) is 12.4 Å². The van der Waals surface area contributed by atoms with E-state index in [0.717, 1.165) is 57.1 Å². The third-order valence-corrected chi connectivity index (χ3v) is 5.98. The largest absolute Gasteiger partial charge is 0.496 e. The maximum absolute atomic E-state index is 6.06. The van der Waals surface area contributed by atoms with Crippen molar-refractivity contribution in [1.29, 1.82) is 0 Å². The van der Waals surface area contributed by atoms with Gasteiger partial charge in [0.15, 0.2) is 0 Å². The topological polar surface area (TPSA) is 60.6 Å². The first-order valence-electron chi connectivity index (χ1n) is 10.6. The Morgan fingerprint density at radius 2 is 1.66 bits per heavy atom. The molecule has 4 rings (SSSR count). The van der Waals surface area contributed by atoms with Gasteiger partial charge in [0.2, 0.25) is 5.89 Å². The van der Waals surface area contributed by atoms with Gasteiger partial charge in [-0.25, -0.2) is 4.98 Å². The van der Waals surface area contributed by atoms with E-state index >= 15 is 0 Å². The second-order valence-electron chi connectivity index (χ2n) is 8.09. The minimum atomic E-state index is 0.647. The molecule has 2 aromatic heterocycles. The molecule has 4 aromatic rings. The maximum Gasteiger partial charge on any atom is 0.226 e. The van der Waals surface area contributed by atoms with Crippen molar-refractivity contribution in [1.82, 2.24) is 14.9 Å². The fourth-order valence-electron chi connectivity index (χ4n) is 4.05. The molecular formula is C26H29N3O3. The summed E-state index contributed by atoms with van der Waals surface area (Å²) < 4.78 is 17.0. The van der Waals surface area contributed by atoms with Crippen LogP contribution in [0.3, 0.4) is 0 Å². The van der Waals surface area contributed by atoms with Crippen molar-refractivity contribution in [2.24, 2.45) is 0 Å². The number of benzene rings is 2. The molecule has 0 N–H and O–H groups in total. The van der Waals surface area contributed by atoms with Crippen molar-refractivity contribution >= 4 is 10.9 Å². The van der Waals surface area contributed by atoms with Gasteiger partial charge in [-0.05, 0) is 68.8 Å². The third kappa shape index (κ3) is 4.06. The van der Waals surface area contributed by atoms with Crippen molar-refractivity contribution < 1.29 is 13.9 Å². The summed E-state index contributed by atoms with van der Waals surface area (Å²) in [5.41, 5.74) is 6.21. The normalized spacial score (nSPS) is 11.3. The second kappa shape index (κ2) is 9.01. The highest BCUT2D eigenvalue weighted by Crippen LogP contribution is 2.32. The summed E-state index contributed by atoms with van der Waals surface area (Å²) in [6.45, 7) is 7.53. The van der Waals surface area contributed by atoms with Crippen LogP contribution in [0.5, 0.6) is 11.5 Å². The standard InChI is InChI=1S/C26H29N3O3/c1-16-17(2)23(30-5)12-10-20(16)26-28-22(18(3)32-26)15-29(4)14-19-9-11-24(31-6)25-21(19)8-7-13-27-25/h7-13H,14-15H2,1-6H3. The van der Waals surface area contributed by atoms with Gasteiger partial charge in [0.05, 0.1) is 19.9 Å². The van der Waals surface area contributed by atoms with Gasteiger partial charge in [0, 0.05) is 30.2 Å². The van der Waals surface area contributed by atoms with Gasteiger partial charge in [0.1, 0.15) is 22.8 Å². The molecular weight excluding hydrogens is 402 g/mol. The lowest BCUT2D eigenvalue weighted by atomic mass is 10.0. The molecule has 0 radical (unpaired) electrons. The van der Waals surface area contributed by atoms with E-state index in [-0.39, 0.29) is 0 Å². The monoisotopic (exact) mass is 431 g/mol. The summed E-state index contributed by atoms with van der Waals surface area (Å²) in [4.78, 5) is 11.6. The molecule has 0 atom stereocenters. The van der Waals surface area contributed by atoms with Crippen molar-refractivity contribution in [3.8, 4) is 23.0 Å². The molecule has 0 saturated heterocycles. The molecule has 32 heavy (non-hydrogen) atoms. The van der Waals surface area contributed by atoms with E-state index in [1.54, 1.807) is 20.4 Å². The average molecular weight is 432 g/mol. The van der Waals surface area contributed by atoms with Crippen molar-refractivity contribution in [3.63, 3.8) is 0 Å². The first-order valence-corrected chi connectivity index (χ1v) is 10.6. The summed E-state index contributed by atoms with van der Waals surface area (Å²) >= 11 is 0. The lowest BCUT2D eigenvalue weighted by Gasteiger charge is -2.17. The second-order valence-corrected chi connectivity index (χ2v) is 8.09. The fraction of sp³-hybridized carbons (Fsp3) is 0.308. The molecule has 166 valence electrons. The fourth-order valence-corrected chi connectivity index (χ4v) is 4.05. The van der Waals surface area contributed by atoms with Crippen LogP contribution in [-0.4, -0.2) is 36.1 Å². The van der Waals surface area contributed by atoms with Crippen LogP contribution in [0.4, 0.5) is 0 Å². The number of hydrogen-bond donors (Lipinski definition) is 0. The van der Waals surface area contributed by atoms with Gasteiger partial charge >= 0.3 is 0 Å². The van der Waals surface area contributed by atoms with Crippen LogP contribution in [0.25, 0.3) is 22.4 Å². The summed E-state index contributed by atoms with van der Waals surface area (Å²) in [6, 6.07) is 12.1. The van der Waals surface area contributed by atoms with Crippen LogP contribution in [0, 0.1) is 20.8 Å². The predicted octanol–water partition coefficient (Wildman–Crippen LogP) is 5.46. The SMILES string of the molecule is COc1ccc(-c2nc(CN(C)Cc3ccc(OC)c4ncccc34)c(C)o2)c(C)c1C. The maximum atomic E-state index is 6.06. The zero-order valence-corrected chi connectivity index (χ0v) is 19.5. The first kappa shape index (κ1) is 21.8. The summed E-state index contributed by atoms with van der Waals surface area (Å²) in [5, 5.41) is 1.10. The average Bonchev–Trinajstić information content (AvgIpc) is 3.15. The van der Waals surface area contributed by atoms with E-state index in [4.69, 9.17) is 18.9 Å². The van der Waals surface area contributed by atoms with Crippen LogP contribution in [0.15, 0.2) is 47.0 Å². The number of aryl methyl sites for hydroxylation is 1. The van der Waals surface area contributed by atoms with Gasteiger partial charge < -0.3 is 13.9 Å². The van der Waals surface area contributed by atoms with Crippen molar-refractivity contribution in [3.05, 3.63) is 70.7 Å². The zero-order chi connectivity index (χ0) is 22.8. The Morgan fingerprint density at radius 3 is 2.41 bits per heavy atom. The molecule has 2 aromatic carbocycles. The molecule has 0 aliphatic rings. The van der Waals surface area contributed by atoms with Crippen LogP contribution < -0.4 is 9.47 Å². The molecule has 0 aliphatic carbocycles. The highest BCUT2D eigenvalue weighted by Gasteiger charge is 2.17. The number of methoxy groups -OCH3 is 2. The van der Waals surface area contributed by atoms with Crippen LogP contribution in [0.1, 0.15) is 28.1 Å². The number of fused-ring (bicyclic) bond motifs is 1. The zero-order valence-electron chi connectivity index (χ0n) is 19.5. The molecule has 0 fully saturated rings. The number of hydrogen-bond acceptors (Lipinski definition) is 6. The van der Waals surface area contributed by atoms with Gasteiger partial charge in [-0.1, -0.05) is 12.1 Å². The Bertz CT molecular complexity index is 1260. The molecule has 0 amide bonds. The molecule has 0 unspecified atom stereocenters. The smallest absolute Gasteiger partial charge is 0.226 e. The van der Waals surface area contributed by atoms with Crippen LogP contribution in [0.2, 0.25) is 0 Å². The number of aromatic nitrogens is 2. The molecule has 0 spiro atoms. The number of ether oxygens (including phenoxy) is 2. The lowest BCUT2D eigenvalue weighted by Crippen LogP contribution is -2.18. The molecule has 6 heteroatoms. The molecule has 2 heterocycles. The number of nitrogens with zero attached hydrogens (tertiary/aromatic N) is 3. The minimum absolute atomic E-state index is 0.647. The Balaban J connectivity index is 1.57.